The van der Waals surface area contributed by atoms with Gasteiger partial charge in [0, 0.05) is 31.2 Å². The summed E-state index contributed by atoms with van der Waals surface area (Å²) < 4.78 is 10.6. The van der Waals surface area contributed by atoms with E-state index in [0.29, 0.717) is 17.9 Å². The van der Waals surface area contributed by atoms with Crippen molar-refractivity contribution in [1.82, 2.24) is 15.0 Å². The van der Waals surface area contributed by atoms with Crippen LogP contribution in [0.2, 0.25) is 0 Å². The Balaban J connectivity index is 1.30. The molecule has 0 atom stereocenters. The molecule has 1 aliphatic rings. The van der Waals surface area contributed by atoms with Crippen molar-refractivity contribution in [2.45, 2.75) is 25.4 Å². The Hall–Kier alpha value is -2.86. The van der Waals surface area contributed by atoms with Crippen molar-refractivity contribution in [2.75, 3.05) is 25.5 Å². The molecule has 6 nitrogen and oxygen atoms in total. The summed E-state index contributed by atoms with van der Waals surface area (Å²) in [5, 5.41) is 7.46. The maximum atomic E-state index is 5.38. The molecule has 1 N–H and O–H groups in total. The van der Waals surface area contributed by atoms with Gasteiger partial charge in [-0.3, -0.25) is 4.90 Å². The van der Waals surface area contributed by atoms with E-state index in [1.54, 1.807) is 7.11 Å². The molecule has 0 spiro atoms. The van der Waals surface area contributed by atoms with Crippen molar-refractivity contribution < 1.29 is 9.26 Å². The van der Waals surface area contributed by atoms with Gasteiger partial charge in [0.1, 0.15) is 5.75 Å². The Labute approximate surface area is 159 Å². The molecule has 2 heterocycles. The summed E-state index contributed by atoms with van der Waals surface area (Å²) >= 11 is 0. The number of anilines is 1. The Morgan fingerprint density at radius 2 is 1.81 bits per heavy atom. The molecule has 0 bridgehead atoms. The fourth-order valence-corrected chi connectivity index (χ4v) is 3.39. The van der Waals surface area contributed by atoms with Crippen molar-refractivity contribution >= 4 is 6.01 Å². The fourth-order valence-electron chi connectivity index (χ4n) is 3.39. The van der Waals surface area contributed by atoms with Crippen molar-refractivity contribution in [3.8, 4) is 17.1 Å². The van der Waals surface area contributed by atoms with Gasteiger partial charge < -0.3 is 14.6 Å². The van der Waals surface area contributed by atoms with Crippen LogP contribution >= 0.6 is 0 Å². The van der Waals surface area contributed by atoms with Crippen molar-refractivity contribution in [3.63, 3.8) is 0 Å². The SMILES string of the molecule is COc1ccc(-c2noc(NC3CCN(Cc4ccccc4)CC3)n2)cc1. The van der Waals surface area contributed by atoms with Gasteiger partial charge in [-0.2, -0.15) is 4.98 Å². The van der Waals surface area contributed by atoms with Crippen LogP contribution < -0.4 is 10.1 Å². The summed E-state index contributed by atoms with van der Waals surface area (Å²) in [5.41, 5.74) is 2.27. The lowest BCUT2D eigenvalue weighted by molar-refractivity contribution is 0.210. The zero-order chi connectivity index (χ0) is 18.5. The summed E-state index contributed by atoms with van der Waals surface area (Å²) in [6.07, 6.45) is 2.13. The van der Waals surface area contributed by atoms with Gasteiger partial charge in [-0.15, -0.1) is 0 Å². The molecule has 0 unspecified atom stereocenters. The van der Waals surface area contributed by atoms with Gasteiger partial charge in [-0.25, -0.2) is 0 Å². The maximum Gasteiger partial charge on any atom is 0.322 e. The third-order valence-electron chi connectivity index (χ3n) is 4.94. The second-order valence-corrected chi connectivity index (χ2v) is 6.83. The van der Waals surface area contributed by atoms with Crippen LogP contribution in [0.4, 0.5) is 6.01 Å². The smallest absolute Gasteiger partial charge is 0.322 e. The first-order chi connectivity index (χ1) is 13.3. The number of nitrogens with one attached hydrogen (secondary N) is 1. The third-order valence-corrected chi connectivity index (χ3v) is 4.94. The molecule has 0 saturated carbocycles. The summed E-state index contributed by atoms with van der Waals surface area (Å²) in [6.45, 7) is 3.13. The highest BCUT2D eigenvalue weighted by molar-refractivity contribution is 5.56. The van der Waals surface area contributed by atoms with Crippen LogP contribution in [0.5, 0.6) is 5.75 Å². The Morgan fingerprint density at radius 3 is 2.52 bits per heavy atom. The number of hydrogen-bond acceptors (Lipinski definition) is 6. The minimum atomic E-state index is 0.362. The lowest BCUT2D eigenvalue weighted by atomic mass is 10.0. The second-order valence-electron chi connectivity index (χ2n) is 6.83. The number of rotatable bonds is 6. The molecule has 27 heavy (non-hydrogen) atoms. The van der Waals surface area contributed by atoms with Gasteiger partial charge in [0.25, 0.3) is 0 Å². The van der Waals surface area contributed by atoms with Crippen LogP contribution in [0.25, 0.3) is 11.4 Å². The van der Waals surface area contributed by atoms with E-state index in [1.165, 1.54) is 5.56 Å². The van der Waals surface area contributed by atoms with E-state index in [4.69, 9.17) is 9.26 Å². The topological polar surface area (TPSA) is 63.4 Å². The first kappa shape index (κ1) is 17.5. The van der Waals surface area contributed by atoms with E-state index in [0.717, 1.165) is 43.8 Å². The highest BCUT2D eigenvalue weighted by Gasteiger charge is 2.21. The first-order valence-corrected chi connectivity index (χ1v) is 9.31. The van der Waals surface area contributed by atoms with Gasteiger partial charge in [-0.05, 0) is 42.7 Å². The van der Waals surface area contributed by atoms with Crippen LogP contribution in [0, 0.1) is 0 Å². The number of piperidine rings is 1. The molecule has 1 aromatic heterocycles. The zero-order valence-electron chi connectivity index (χ0n) is 15.5. The molecule has 1 fully saturated rings. The van der Waals surface area contributed by atoms with Crippen molar-refractivity contribution in [2.24, 2.45) is 0 Å². The number of ether oxygens (including phenoxy) is 1. The highest BCUT2D eigenvalue weighted by Crippen LogP contribution is 2.22. The Kier molecular flexibility index (Phi) is 5.34. The summed E-state index contributed by atoms with van der Waals surface area (Å²) in [4.78, 5) is 6.96. The first-order valence-electron chi connectivity index (χ1n) is 9.31. The lowest BCUT2D eigenvalue weighted by Gasteiger charge is -2.31. The minimum absolute atomic E-state index is 0.362. The largest absolute Gasteiger partial charge is 0.497 e. The molecule has 0 radical (unpaired) electrons. The molecule has 0 aliphatic carbocycles. The molecule has 3 aromatic rings. The number of methoxy groups -OCH3 is 1. The molecular weight excluding hydrogens is 340 g/mol. The predicted molar refractivity (Wildman–Crippen MR) is 105 cm³/mol. The number of nitrogens with zero attached hydrogens (tertiary/aromatic N) is 3. The van der Waals surface area contributed by atoms with Crippen molar-refractivity contribution in [1.29, 1.82) is 0 Å². The number of benzene rings is 2. The van der Waals surface area contributed by atoms with Gasteiger partial charge in [0.15, 0.2) is 0 Å². The summed E-state index contributed by atoms with van der Waals surface area (Å²) in [6, 6.07) is 19.1. The Bertz CT molecular complexity index is 840. The van der Waals surface area contributed by atoms with Gasteiger partial charge in [-0.1, -0.05) is 35.5 Å². The van der Waals surface area contributed by atoms with Gasteiger partial charge in [0.05, 0.1) is 7.11 Å². The Morgan fingerprint density at radius 1 is 1.07 bits per heavy atom. The predicted octanol–water partition coefficient (Wildman–Crippen LogP) is 3.82. The van der Waals surface area contributed by atoms with Crippen LogP contribution in [-0.2, 0) is 6.54 Å². The van der Waals surface area contributed by atoms with Gasteiger partial charge in [0.2, 0.25) is 5.82 Å². The molecule has 6 heteroatoms. The van der Waals surface area contributed by atoms with E-state index in [9.17, 15) is 0 Å². The quantitative estimate of drug-likeness (QED) is 0.717. The number of likely N-dealkylation sites (tertiary alicyclic amines) is 1. The second kappa shape index (κ2) is 8.22. The molecule has 1 saturated heterocycles. The minimum Gasteiger partial charge on any atom is -0.497 e. The van der Waals surface area contributed by atoms with E-state index >= 15 is 0 Å². The van der Waals surface area contributed by atoms with E-state index in [-0.39, 0.29) is 0 Å². The molecule has 2 aromatic carbocycles. The highest BCUT2D eigenvalue weighted by atomic mass is 16.5. The zero-order valence-corrected chi connectivity index (χ0v) is 15.5. The monoisotopic (exact) mass is 364 g/mol. The average molecular weight is 364 g/mol. The third kappa shape index (κ3) is 4.46. The molecule has 0 amide bonds. The van der Waals surface area contributed by atoms with E-state index < -0.39 is 0 Å². The standard InChI is InChI=1S/C21H24N4O2/c1-26-19-9-7-17(8-10-19)20-23-21(27-24-20)22-18-11-13-25(14-12-18)15-16-5-3-2-4-6-16/h2-10,18H,11-15H2,1H3,(H,22,23,24). The van der Waals surface area contributed by atoms with Crippen molar-refractivity contribution in [3.05, 3.63) is 60.2 Å². The molecule has 1 aliphatic heterocycles. The van der Waals surface area contributed by atoms with E-state index in [1.807, 2.05) is 24.3 Å². The van der Waals surface area contributed by atoms with Crippen LogP contribution in [0.3, 0.4) is 0 Å². The normalized spacial score (nSPS) is 15.6. The molecular formula is C21H24N4O2. The van der Waals surface area contributed by atoms with Crippen LogP contribution in [-0.4, -0.2) is 41.3 Å². The maximum absolute atomic E-state index is 5.38. The number of hydrogen-bond donors (Lipinski definition) is 1. The van der Waals surface area contributed by atoms with Crippen LogP contribution in [0.1, 0.15) is 18.4 Å². The molecule has 140 valence electrons. The lowest BCUT2D eigenvalue weighted by Crippen LogP contribution is -2.38. The van der Waals surface area contributed by atoms with Crippen LogP contribution in [0.15, 0.2) is 59.1 Å². The number of aromatic nitrogens is 2. The molecule has 4 rings (SSSR count). The summed E-state index contributed by atoms with van der Waals surface area (Å²) in [7, 11) is 1.65. The average Bonchev–Trinajstić information content (AvgIpc) is 3.19. The summed E-state index contributed by atoms with van der Waals surface area (Å²) in [5.74, 6) is 1.39. The fraction of sp³-hybridized carbons (Fsp3) is 0.333. The van der Waals surface area contributed by atoms with Gasteiger partial charge >= 0.3 is 6.01 Å². The van der Waals surface area contributed by atoms with E-state index in [2.05, 4.69) is 50.7 Å².